The summed E-state index contributed by atoms with van der Waals surface area (Å²) in [5.74, 6) is 0.537. The molecule has 20 heavy (non-hydrogen) atoms. The second-order valence-corrected chi connectivity index (χ2v) is 6.14. The third kappa shape index (κ3) is 3.58. The number of amides is 1. The van der Waals surface area contributed by atoms with Gasteiger partial charge in [-0.2, -0.15) is 0 Å². The van der Waals surface area contributed by atoms with Crippen molar-refractivity contribution < 1.29 is 4.79 Å². The molecule has 1 N–H and O–H groups in total. The summed E-state index contributed by atoms with van der Waals surface area (Å²) in [5, 5.41) is 3.21. The second kappa shape index (κ2) is 6.37. The molecular formula is C16H25N3O. The van der Waals surface area contributed by atoms with Crippen LogP contribution in [0, 0.1) is 12.8 Å². The Bertz CT molecular complexity index is 473. The molecule has 1 aliphatic heterocycles. The van der Waals surface area contributed by atoms with Crippen LogP contribution in [0.1, 0.15) is 15.9 Å². The van der Waals surface area contributed by atoms with Crippen LogP contribution in [-0.2, 0) is 0 Å². The normalized spacial score (nSPS) is 23.2. The maximum atomic E-state index is 12.4. The molecule has 1 aromatic carbocycles. The molecule has 0 spiro atoms. The van der Waals surface area contributed by atoms with Crippen LogP contribution in [0.2, 0.25) is 0 Å². The van der Waals surface area contributed by atoms with Gasteiger partial charge in [0, 0.05) is 37.2 Å². The third-order valence-corrected chi connectivity index (χ3v) is 3.93. The van der Waals surface area contributed by atoms with Gasteiger partial charge in [-0.1, -0.05) is 18.2 Å². The van der Waals surface area contributed by atoms with E-state index < -0.39 is 0 Å². The van der Waals surface area contributed by atoms with Gasteiger partial charge in [-0.05, 0) is 39.7 Å². The van der Waals surface area contributed by atoms with Gasteiger partial charge in [0.1, 0.15) is 0 Å². The fourth-order valence-electron chi connectivity index (χ4n) is 2.98. The van der Waals surface area contributed by atoms with E-state index in [-0.39, 0.29) is 11.9 Å². The molecule has 110 valence electrons. The number of likely N-dealkylation sites (N-methyl/N-ethyl adjacent to an activating group) is 1. The Balaban J connectivity index is 2.04. The van der Waals surface area contributed by atoms with Gasteiger partial charge in [-0.3, -0.25) is 4.79 Å². The molecule has 0 radical (unpaired) electrons. The van der Waals surface area contributed by atoms with Gasteiger partial charge in [0.15, 0.2) is 0 Å². The third-order valence-electron chi connectivity index (χ3n) is 3.93. The lowest BCUT2D eigenvalue weighted by Gasteiger charge is -2.23. The number of hydrogen-bond acceptors (Lipinski definition) is 3. The Labute approximate surface area is 121 Å². The van der Waals surface area contributed by atoms with Gasteiger partial charge in [0.2, 0.25) is 0 Å². The Kier molecular flexibility index (Phi) is 4.78. The zero-order valence-electron chi connectivity index (χ0n) is 12.9. The van der Waals surface area contributed by atoms with Gasteiger partial charge < -0.3 is 15.1 Å². The second-order valence-electron chi connectivity index (χ2n) is 6.14. The zero-order valence-corrected chi connectivity index (χ0v) is 12.9. The summed E-state index contributed by atoms with van der Waals surface area (Å²) in [6.07, 6.45) is 0. The summed E-state index contributed by atoms with van der Waals surface area (Å²) in [4.78, 5) is 16.9. The van der Waals surface area contributed by atoms with Crippen LogP contribution in [0.5, 0.6) is 0 Å². The van der Waals surface area contributed by atoms with E-state index in [0.29, 0.717) is 5.92 Å². The van der Waals surface area contributed by atoms with Gasteiger partial charge in [0.25, 0.3) is 5.91 Å². The predicted octanol–water partition coefficient (Wildman–Crippen LogP) is 1.22. The van der Waals surface area contributed by atoms with Crippen molar-refractivity contribution >= 4 is 5.91 Å². The van der Waals surface area contributed by atoms with Crippen LogP contribution in [0.25, 0.3) is 0 Å². The minimum absolute atomic E-state index is 0.0483. The molecule has 2 atom stereocenters. The van der Waals surface area contributed by atoms with E-state index in [0.717, 1.165) is 30.8 Å². The summed E-state index contributed by atoms with van der Waals surface area (Å²) in [7, 11) is 6.28. The first kappa shape index (κ1) is 15.0. The van der Waals surface area contributed by atoms with Crippen molar-refractivity contribution in [2.24, 2.45) is 5.92 Å². The standard InChI is InChI=1S/C16H25N3O/c1-12-7-5-6-8-14(12)16(20)17-15-11-19(4)10-13(15)9-18(2)3/h5-8,13,15H,9-11H2,1-4H3,(H,17,20)/t13-,15-/m1/s1. The van der Waals surface area contributed by atoms with Crippen molar-refractivity contribution in [1.29, 1.82) is 0 Å². The van der Waals surface area contributed by atoms with E-state index in [1.165, 1.54) is 0 Å². The largest absolute Gasteiger partial charge is 0.348 e. The molecule has 0 saturated carbocycles. The minimum Gasteiger partial charge on any atom is -0.348 e. The summed E-state index contributed by atoms with van der Waals surface area (Å²) >= 11 is 0. The molecule has 0 unspecified atom stereocenters. The van der Waals surface area contributed by atoms with E-state index in [4.69, 9.17) is 0 Å². The van der Waals surface area contributed by atoms with E-state index in [1.54, 1.807) is 0 Å². The molecule has 1 saturated heterocycles. The quantitative estimate of drug-likeness (QED) is 0.897. The molecule has 1 aromatic rings. The smallest absolute Gasteiger partial charge is 0.251 e. The summed E-state index contributed by atoms with van der Waals surface area (Å²) in [5.41, 5.74) is 1.81. The number of nitrogens with zero attached hydrogens (tertiary/aromatic N) is 2. The summed E-state index contributed by atoms with van der Waals surface area (Å²) in [6.45, 7) is 4.95. The van der Waals surface area contributed by atoms with Crippen LogP contribution in [0.15, 0.2) is 24.3 Å². The number of carbonyl (C=O) groups excluding carboxylic acids is 1. The number of benzene rings is 1. The number of rotatable bonds is 4. The molecule has 1 heterocycles. The fourth-order valence-corrected chi connectivity index (χ4v) is 2.98. The molecule has 1 amide bonds. The summed E-state index contributed by atoms with van der Waals surface area (Å²) in [6, 6.07) is 7.98. The lowest BCUT2D eigenvalue weighted by molar-refractivity contribution is 0.0926. The highest BCUT2D eigenvalue weighted by molar-refractivity contribution is 5.95. The van der Waals surface area contributed by atoms with Crippen molar-refractivity contribution in [2.45, 2.75) is 13.0 Å². The molecule has 0 aliphatic carbocycles. The Morgan fingerprint density at radius 1 is 1.35 bits per heavy atom. The van der Waals surface area contributed by atoms with Gasteiger partial charge in [-0.15, -0.1) is 0 Å². The number of aryl methyl sites for hydroxylation is 1. The van der Waals surface area contributed by atoms with Crippen LogP contribution in [0.3, 0.4) is 0 Å². The van der Waals surface area contributed by atoms with Gasteiger partial charge >= 0.3 is 0 Å². The van der Waals surface area contributed by atoms with Crippen LogP contribution in [-0.4, -0.2) is 62.5 Å². The molecule has 4 heteroatoms. The molecule has 1 fully saturated rings. The van der Waals surface area contributed by atoms with E-state index in [9.17, 15) is 4.79 Å². The first-order chi connectivity index (χ1) is 9.47. The van der Waals surface area contributed by atoms with Crippen LogP contribution < -0.4 is 5.32 Å². The number of nitrogens with one attached hydrogen (secondary N) is 1. The summed E-state index contributed by atoms with van der Waals surface area (Å²) < 4.78 is 0. The highest BCUT2D eigenvalue weighted by atomic mass is 16.1. The molecule has 0 bridgehead atoms. The zero-order chi connectivity index (χ0) is 14.7. The van der Waals surface area contributed by atoms with Gasteiger partial charge in [0.05, 0.1) is 0 Å². The van der Waals surface area contributed by atoms with E-state index >= 15 is 0 Å². The first-order valence-corrected chi connectivity index (χ1v) is 7.17. The average molecular weight is 275 g/mol. The Hall–Kier alpha value is -1.39. The highest BCUT2D eigenvalue weighted by Crippen LogP contribution is 2.17. The monoisotopic (exact) mass is 275 g/mol. The topological polar surface area (TPSA) is 35.6 Å². The maximum absolute atomic E-state index is 12.4. The van der Waals surface area contributed by atoms with Crippen molar-refractivity contribution in [2.75, 3.05) is 40.8 Å². The van der Waals surface area contributed by atoms with Crippen molar-refractivity contribution in [3.8, 4) is 0 Å². The fraction of sp³-hybridized carbons (Fsp3) is 0.562. The average Bonchev–Trinajstić information content (AvgIpc) is 2.68. The minimum atomic E-state index is 0.0483. The number of hydrogen-bond donors (Lipinski definition) is 1. The number of carbonyl (C=O) groups is 1. The van der Waals surface area contributed by atoms with Crippen LogP contribution in [0.4, 0.5) is 0 Å². The Morgan fingerprint density at radius 3 is 2.70 bits per heavy atom. The molecular weight excluding hydrogens is 250 g/mol. The molecule has 4 nitrogen and oxygen atoms in total. The molecule has 0 aromatic heterocycles. The van der Waals surface area contributed by atoms with Crippen LogP contribution >= 0.6 is 0 Å². The number of likely N-dealkylation sites (tertiary alicyclic amines) is 1. The SMILES string of the molecule is Cc1ccccc1C(=O)N[C@@H]1CN(C)C[C@H]1CN(C)C. The first-order valence-electron chi connectivity index (χ1n) is 7.17. The van der Waals surface area contributed by atoms with Crippen molar-refractivity contribution in [1.82, 2.24) is 15.1 Å². The van der Waals surface area contributed by atoms with Crippen molar-refractivity contribution in [3.63, 3.8) is 0 Å². The van der Waals surface area contributed by atoms with E-state index in [2.05, 4.69) is 36.3 Å². The maximum Gasteiger partial charge on any atom is 0.251 e. The lowest BCUT2D eigenvalue weighted by atomic mass is 10.0. The predicted molar refractivity (Wildman–Crippen MR) is 82.0 cm³/mol. The molecule has 2 rings (SSSR count). The molecule has 1 aliphatic rings. The van der Waals surface area contributed by atoms with Crippen molar-refractivity contribution in [3.05, 3.63) is 35.4 Å². The highest BCUT2D eigenvalue weighted by Gasteiger charge is 2.32. The Morgan fingerprint density at radius 2 is 2.05 bits per heavy atom. The van der Waals surface area contributed by atoms with Gasteiger partial charge in [-0.25, -0.2) is 0 Å². The lowest BCUT2D eigenvalue weighted by Crippen LogP contribution is -2.43. The van der Waals surface area contributed by atoms with E-state index in [1.807, 2.05) is 31.2 Å².